The van der Waals surface area contributed by atoms with Crippen LogP contribution in [-0.4, -0.2) is 48.3 Å². The summed E-state index contributed by atoms with van der Waals surface area (Å²) in [5, 5.41) is 13.3. The number of likely N-dealkylation sites (N-methyl/N-ethyl adjacent to an activating group) is 1. The Morgan fingerprint density at radius 3 is 2.47 bits per heavy atom. The summed E-state index contributed by atoms with van der Waals surface area (Å²) in [6, 6.07) is 1.34. The van der Waals surface area contributed by atoms with Crippen LogP contribution in [0.4, 0.5) is 0 Å². The van der Waals surface area contributed by atoms with Crippen molar-refractivity contribution in [1.29, 1.82) is 0 Å². The van der Waals surface area contributed by atoms with Crippen LogP contribution in [0.25, 0.3) is 0 Å². The summed E-state index contributed by atoms with van der Waals surface area (Å²) >= 11 is 0. The first-order valence-electron chi connectivity index (χ1n) is 7.30. The fourth-order valence-electron chi connectivity index (χ4n) is 3.48. The number of nitrogens with one attached hydrogen (secondary N) is 1. The molecule has 17 heavy (non-hydrogen) atoms. The normalized spacial score (nSPS) is 34.8. The van der Waals surface area contributed by atoms with E-state index in [1.54, 1.807) is 0 Å². The molecule has 1 aliphatic heterocycles. The maximum absolute atomic E-state index is 9.85. The van der Waals surface area contributed by atoms with Crippen LogP contribution in [0.2, 0.25) is 0 Å². The molecule has 1 saturated heterocycles. The molecule has 1 aliphatic carbocycles. The molecule has 100 valence electrons. The van der Waals surface area contributed by atoms with Gasteiger partial charge in [0.1, 0.15) is 0 Å². The van der Waals surface area contributed by atoms with Gasteiger partial charge >= 0.3 is 0 Å². The molecule has 0 aromatic heterocycles. The third-order valence-corrected chi connectivity index (χ3v) is 4.69. The topological polar surface area (TPSA) is 35.5 Å². The Bertz CT molecular complexity index is 226. The lowest BCUT2D eigenvalue weighted by Crippen LogP contribution is -2.54. The molecular weight excluding hydrogens is 212 g/mol. The van der Waals surface area contributed by atoms with Crippen LogP contribution in [0.5, 0.6) is 0 Å². The average Bonchev–Trinajstić information content (AvgIpc) is 2.39. The number of hydrogen-bond acceptors (Lipinski definition) is 3. The summed E-state index contributed by atoms with van der Waals surface area (Å²) in [5.41, 5.74) is 0. The average molecular weight is 240 g/mol. The fourth-order valence-corrected chi connectivity index (χ4v) is 3.48. The Balaban J connectivity index is 1.95. The monoisotopic (exact) mass is 240 g/mol. The molecule has 1 saturated carbocycles. The molecule has 0 amide bonds. The number of piperidine rings is 1. The van der Waals surface area contributed by atoms with Crippen LogP contribution in [-0.2, 0) is 0 Å². The van der Waals surface area contributed by atoms with Crippen LogP contribution in [0.3, 0.4) is 0 Å². The van der Waals surface area contributed by atoms with Gasteiger partial charge in [-0.1, -0.05) is 19.3 Å². The Morgan fingerprint density at radius 2 is 1.88 bits per heavy atom. The number of aliphatic hydroxyl groups is 1. The molecule has 3 atom stereocenters. The lowest BCUT2D eigenvalue weighted by molar-refractivity contribution is 0.0221. The molecular formula is C14H28N2O. The van der Waals surface area contributed by atoms with E-state index in [4.69, 9.17) is 0 Å². The largest absolute Gasteiger partial charge is 0.393 e. The molecule has 3 unspecified atom stereocenters. The second-order valence-corrected chi connectivity index (χ2v) is 5.97. The maximum Gasteiger partial charge on any atom is 0.0553 e. The van der Waals surface area contributed by atoms with Crippen LogP contribution in [0.15, 0.2) is 0 Å². The molecule has 0 aromatic carbocycles. The molecule has 3 nitrogen and oxygen atoms in total. The van der Waals surface area contributed by atoms with Crippen LogP contribution in [0, 0.1) is 5.92 Å². The first kappa shape index (κ1) is 13.3. The van der Waals surface area contributed by atoms with E-state index in [9.17, 15) is 5.11 Å². The Labute approximate surface area is 106 Å². The first-order chi connectivity index (χ1) is 8.20. The zero-order valence-corrected chi connectivity index (χ0v) is 11.4. The minimum absolute atomic E-state index is 0.169. The van der Waals surface area contributed by atoms with Gasteiger partial charge in [-0.15, -0.1) is 0 Å². The molecule has 0 radical (unpaired) electrons. The molecule has 2 fully saturated rings. The van der Waals surface area contributed by atoms with Crippen molar-refractivity contribution in [3.8, 4) is 0 Å². The summed E-state index contributed by atoms with van der Waals surface area (Å²) in [6.45, 7) is 4.21. The zero-order valence-electron chi connectivity index (χ0n) is 11.4. The minimum Gasteiger partial charge on any atom is -0.393 e. The number of likely N-dealkylation sites (tertiary alicyclic amines) is 1. The molecule has 1 heterocycles. The molecule has 3 heteroatoms. The van der Waals surface area contributed by atoms with Gasteiger partial charge in [-0.05, 0) is 39.2 Å². The summed E-state index contributed by atoms with van der Waals surface area (Å²) < 4.78 is 0. The van der Waals surface area contributed by atoms with Crippen molar-refractivity contribution in [2.75, 3.05) is 20.1 Å². The van der Waals surface area contributed by atoms with Crippen molar-refractivity contribution in [1.82, 2.24) is 10.2 Å². The second-order valence-electron chi connectivity index (χ2n) is 5.97. The van der Waals surface area contributed by atoms with Gasteiger partial charge in [-0.25, -0.2) is 0 Å². The van der Waals surface area contributed by atoms with Gasteiger partial charge in [0.15, 0.2) is 0 Å². The van der Waals surface area contributed by atoms with E-state index in [1.807, 2.05) is 14.0 Å². The third-order valence-electron chi connectivity index (χ3n) is 4.69. The molecule has 2 aliphatic rings. The lowest BCUT2D eigenvalue weighted by atomic mass is 9.86. The van der Waals surface area contributed by atoms with Gasteiger partial charge in [0.25, 0.3) is 0 Å². The smallest absolute Gasteiger partial charge is 0.0553 e. The second kappa shape index (κ2) is 6.17. The SMILES string of the molecule is CNC1CC(C(C)O)CN(C2CCCCC2)C1. The maximum atomic E-state index is 9.85. The number of aliphatic hydroxyl groups excluding tert-OH is 1. The number of rotatable bonds is 3. The van der Waals surface area contributed by atoms with E-state index in [2.05, 4.69) is 10.2 Å². The van der Waals surface area contributed by atoms with E-state index in [-0.39, 0.29) is 6.10 Å². The van der Waals surface area contributed by atoms with E-state index in [0.29, 0.717) is 12.0 Å². The molecule has 0 spiro atoms. The van der Waals surface area contributed by atoms with Crippen LogP contribution in [0.1, 0.15) is 45.4 Å². The predicted molar refractivity (Wildman–Crippen MR) is 71.1 cm³/mol. The fraction of sp³-hybridized carbons (Fsp3) is 1.00. The van der Waals surface area contributed by atoms with Crippen molar-refractivity contribution in [2.45, 2.75) is 63.6 Å². The number of hydrogen-bond donors (Lipinski definition) is 2. The highest BCUT2D eigenvalue weighted by atomic mass is 16.3. The lowest BCUT2D eigenvalue weighted by Gasteiger charge is -2.44. The number of nitrogens with zero attached hydrogens (tertiary/aromatic N) is 1. The van der Waals surface area contributed by atoms with Crippen LogP contribution < -0.4 is 5.32 Å². The molecule has 0 bridgehead atoms. The molecule has 2 rings (SSSR count). The van der Waals surface area contributed by atoms with Crippen LogP contribution >= 0.6 is 0 Å². The molecule has 2 N–H and O–H groups in total. The Kier molecular flexibility index (Phi) is 4.83. The van der Waals surface area contributed by atoms with Crippen molar-refractivity contribution >= 4 is 0 Å². The summed E-state index contributed by atoms with van der Waals surface area (Å²) in [5.74, 6) is 0.447. The predicted octanol–water partition coefficient (Wildman–Crippen LogP) is 1.61. The quantitative estimate of drug-likeness (QED) is 0.787. The van der Waals surface area contributed by atoms with E-state index < -0.39 is 0 Å². The zero-order chi connectivity index (χ0) is 12.3. The van der Waals surface area contributed by atoms with Gasteiger partial charge in [-0.2, -0.15) is 0 Å². The van der Waals surface area contributed by atoms with Gasteiger partial charge < -0.3 is 10.4 Å². The van der Waals surface area contributed by atoms with Gasteiger partial charge in [-0.3, -0.25) is 4.90 Å². The summed E-state index contributed by atoms with van der Waals surface area (Å²) in [4.78, 5) is 2.64. The van der Waals surface area contributed by atoms with Gasteiger partial charge in [0, 0.05) is 25.2 Å². The highest BCUT2D eigenvalue weighted by molar-refractivity contribution is 4.89. The van der Waals surface area contributed by atoms with Crippen molar-refractivity contribution in [3.63, 3.8) is 0 Å². The molecule has 0 aromatic rings. The van der Waals surface area contributed by atoms with Crippen molar-refractivity contribution < 1.29 is 5.11 Å². The first-order valence-corrected chi connectivity index (χ1v) is 7.30. The highest BCUT2D eigenvalue weighted by Crippen LogP contribution is 2.28. The van der Waals surface area contributed by atoms with Gasteiger partial charge in [0.2, 0.25) is 0 Å². The summed E-state index contributed by atoms with van der Waals surface area (Å²) in [6.07, 6.45) is 7.88. The Hall–Kier alpha value is -0.120. The van der Waals surface area contributed by atoms with Gasteiger partial charge in [0.05, 0.1) is 6.10 Å². The minimum atomic E-state index is -0.169. The highest BCUT2D eigenvalue weighted by Gasteiger charge is 2.32. The van der Waals surface area contributed by atoms with Crippen molar-refractivity contribution in [3.05, 3.63) is 0 Å². The Morgan fingerprint density at radius 1 is 1.18 bits per heavy atom. The van der Waals surface area contributed by atoms with Crippen molar-refractivity contribution in [2.24, 2.45) is 5.92 Å². The standard InChI is InChI=1S/C14H28N2O/c1-11(17)12-8-13(15-2)10-16(9-12)14-6-4-3-5-7-14/h11-15,17H,3-10H2,1-2H3. The third kappa shape index (κ3) is 3.43. The summed E-state index contributed by atoms with van der Waals surface area (Å²) in [7, 11) is 2.05. The van der Waals surface area contributed by atoms with E-state index in [1.165, 1.54) is 38.6 Å². The van der Waals surface area contributed by atoms with E-state index >= 15 is 0 Å². The van der Waals surface area contributed by atoms with E-state index in [0.717, 1.165) is 19.0 Å².